The van der Waals surface area contributed by atoms with E-state index in [1.807, 2.05) is 12.3 Å². The first-order valence-electron chi connectivity index (χ1n) is 11.0. The Morgan fingerprint density at radius 2 is 1.16 bits per heavy atom. The minimum absolute atomic E-state index is 0.765. The quantitative estimate of drug-likeness (QED) is 0.215. The molecule has 0 radical (unpaired) electrons. The van der Waals surface area contributed by atoms with Crippen LogP contribution in [-0.2, 0) is 6.42 Å². The first-order chi connectivity index (χ1) is 12.4. The maximum atomic E-state index is 10.8. The third kappa shape index (κ3) is 12.0. The number of nitrogens with one attached hydrogen (secondary N) is 1. The molecular formula is C23H41NO. The van der Waals surface area contributed by atoms with Gasteiger partial charge in [0.25, 0.3) is 0 Å². The zero-order chi connectivity index (χ0) is 18.0. The van der Waals surface area contributed by atoms with Gasteiger partial charge in [0.15, 0.2) is 6.29 Å². The molecule has 0 aliphatic heterocycles. The highest BCUT2D eigenvalue weighted by Crippen LogP contribution is 2.15. The Morgan fingerprint density at radius 3 is 1.60 bits per heavy atom. The third-order valence-corrected chi connectivity index (χ3v) is 5.29. The molecule has 0 saturated heterocycles. The lowest BCUT2D eigenvalue weighted by molar-refractivity contribution is 0.111. The van der Waals surface area contributed by atoms with Crippen LogP contribution in [-0.4, -0.2) is 11.3 Å². The van der Waals surface area contributed by atoms with Crippen molar-refractivity contribution in [2.75, 3.05) is 0 Å². The van der Waals surface area contributed by atoms with Crippen molar-refractivity contribution < 1.29 is 4.79 Å². The lowest BCUT2D eigenvalue weighted by atomic mass is 10.0. The van der Waals surface area contributed by atoms with Gasteiger partial charge in [-0.15, -0.1) is 0 Å². The molecule has 1 heterocycles. The van der Waals surface area contributed by atoms with E-state index in [2.05, 4.69) is 11.9 Å². The lowest BCUT2D eigenvalue weighted by Gasteiger charge is -2.04. The van der Waals surface area contributed by atoms with Crippen LogP contribution in [0.4, 0.5) is 0 Å². The number of aromatic amines is 1. The average molecular weight is 348 g/mol. The molecule has 0 amide bonds. The maximum Gasteiger partial charge on any atom is 0.166 e. The Kier molecular flexibility index (Phi) is 14.4. The van der Waals surface area contributed by atoms with Crippen LogP contribution >= 0.6 is 0 Å². The van der Waals surface area contributed by atoms with E-state index >= 15 is 0 Å². The van der Waals surface area contributed by atoms with Gasteiger partial charge < -0.3 is 4.98 Å². The molecule has 0 unspecified atom stereocenters. The minimum Gasteiger partial charge on any atom is -0.359 e. The van der Waals surface area contributed by atoms with Crippen LogP contribution in [0.3, 0.4) is 0 Å². The number of hydrogen-bond acceptors (Lipinski definition) is 1. The Balaban J connectivity index is 1.75. The number of aromatic nitrogens is 1. The van der Waals surface area contributed by atoms with Gasteiger partial charge in [-0.3, -0.25) is 4.79 Å². The topological polar surface area (TPSA) is 32.9 Å². The van der Waals surface area contributed by atoms with Crippen molar-refractivity contribution in [2.45, 2.75) is 116 Å². The van der Waals surface area contributed by atoms with Gasteiger partial charge in [0.05, 0.1) is 5.69 Å². The van der Waals surface area contributed by atoms with E-state index in [9.17, 15) is 4.79 Å². The molecule has 0 saturated carbocycles. The van der Waals surface area contributed by atoms with Crippen LogP contribution in [0.5, 0.6) is 0 Å². The Morgan fingerprint density at radius 1 is 0.720 bits per heavy atom. The molecule has 1 aromatic heterocycles. The lowest BCUT2D eigenvalue weighted by Crippen LogP contribution is -1.90. The number of aldehydes is 1. The van der Waals surface area contributed by atoms with Crippen LogP contribution in [0.2, 0.25) is 0 Å². The Bertz CT molecular complexity index is 410. The summed E-state index contributed by atoms with van der Waals surface area (Å²) >= 11 is 0. The van der Waals surface area contributed by atoms with E-state index in [1.165, 1.54) is 108 Å². The molecule has 0 bridgehead atoms. The van der Waals surface area contributed by atoms with E-state index in [1.54, 1.807) is 0 Å². The molecule has 1 rings (SSSR count). The molecule has 0 aliphatic rings. The Labute approximate surface area is 156 Å². The molecule has 144 valence electrons. The van der Waals surface area contributed by atoms with Crippen molar-refractivity contribution in [3.05, 3.63) is 23.5 Å². The van der Waals surface area contributed by atoms with Crippen molar-refractivity contribution >= 4 is 6.29 Å². The fourth-order valence-electron chi connectivity index (χ4n) is 3.61. The summed E-state index contributed by atoms with van der Waals surface area (Å²) in [4.78, 5) is 13.8. The molecule has 0 fully saturated rings. The molecule has 2 nitrogen and oxygen atoms in total. The van der Waals surface area contributed by atoms with Gasteiger partial charge in [0, 0.05) is 6.20 Å². The van der Waals surface area contributed by atoms with E-state index in [0.717, 1.165) is 18.4 Å². The van der Waals surface area contributed by atoms with Gasteiger partial charge in [-0.2, -0.15) is 0 Å². The Hall–Kier alpha value is -1.05. The van der Waals surface area contributed by atoms with E-state index in [-0.39, 0.29) is 0 Å². The number of unbranched alkanes of at least 4 members (excludes halogenated alkanes) is 15. The summed E-state index contributed by atoms with van der Waals surface area (Å²) < 4.78 is 0. The molecular weight excluding hydrogens is 306 g/mol. The second-order valence-electron chi connectivity index (χ2n) is 7.59. The second kappa shape index (κ2) is 16.4. The standard InChI is InChI=1S/C23H41NO/c1-2-3-4-5-6-7-8-9-10-11-12-13-14-15-16-17-18-22-19-20-24-23(22)21-25/h19-21,24H,2-18H2,1H3. The number of hydrogen-bond donors (Lipinski definition) is 1. The first kappa shape index (κ1) is 22.0. The predicted octanol–water partition coefficient (Wildman–Crippen LogP) is 7.63. The smallest absolute Gasteiger partial charge is 0.166 e. The highest BCUT2D eigenvalue weighted by Gasteiger charge is 2.01. The second-order valence-corrected chi connectivity index (χ2v) is 7.59. The normalized spacial score (nSPS) is 11.1. The van der Waals surface area contributed by atoms with Gasteiger partial charge in [-0.05, 0) is 24.5 Å². The van der Waals surface area contributed by atoms with Crippen molar-refractivity contribution in [3.63, 3.8) is 0 Å². The summed E-state index contributed by atoms with van der Waals surface area (Å²) in [5, 5.41) is 0. The third-order valence-electron chi connectivity index (χ3n) is 5.29. The van der Waals surface area contributed by atoms with Crippen molar-refractivity contribution in [1.29, 1.82) is 0 Å². The number of aryl methyl sites for hydroxylation is 1. The van der Waals surface area contributed by atoms with Crippen LogP contribution in [0.1, 0.15) is 126 Å². The number of H-pyrrole nitrogens is 1. The molecule has 0 spiro atoms. The first-order valence-corrected chi connectivity index (χ1v) is 11.0. The van der Waals surface area contributed by atoms with Crippen LogP contribution in [0.25, 0.3) is 0 Å². The monoisotopic (exact) mass is 347 g/mol. The van der Waals surface area contributed by atoms with E-state index in [0.29, 0.717) is 0 Å². The number of carbonyl (C=O) groups is 1. The molecule has 25 heavy (non-hydrogen) atoms. The molecule has 1 N–H and O–H groups in total. The van der Waals surface area contributed by atoms with Gasteiger partial charge >= 0.3 is 0 Å². The van der Waals surface area contributed by atoms with Gasteiger partial charge in [-0.25, -0.2) is 0 Å². The number of rotatable bonds is 18. The van der Waals surface area contributed by atoms with Crippen LogP contribution < -0.4 is 0 Å². The van der Waals surface area contributed by atoms with E-state index < -0.39 is 0 Å². The van der Waals surface area contributed by atoms with Gasteiger partial charge in [0.2, 0.25) is 0 Å². The summed E-state index contributed by atoms with van der Waals surface area (Å²) in [6.45, 7) is 2.29. The van der Waals surface area contributed by atoms with E-state index in [4.69, 9.17) is 0 Å². The molecule has 0 aromatic carbocycles. The number of carbonyl (C=O) groups excluding carboxylic acids is 1. The highest BCUT2D eigenvalue weighted by atomic mass is 16.1. The predicted molar refractivity (Wildman–Crippen MR) is 109 cm³/mol. The summed E-state index contributed by atoms with van der Waals surface area (Å²) in [5.74, 6) is 0. The zero-order valence-corrected chi connectivity index (χ0v) is 16.7. The SMILES string of the molecule is CCCCCCCCCCCCCCCCCCc1cc[nH]c1C=O. The zero-order valence-electron chi connectivity index (χ0n) is 16.7. The maximum absolute atomic E-state index is 10.8. The fraction of sp³-hybridized carbons (Fsp3) is 0.783. The van der Waals surface area contributed by atoms with Crippen molar-refractivity contribution in [1.82, 2.24) is 4.98 Å². The summed E-state index contributed by atoms with van der Waals surface area (Å²) in [6, 6.07) is 2.04. The summed E-state index contributed by atoms with van der Waals surface area (Å²) in [7, 11) is 0. The molecule has 0 aliphatic carbocycles. The van der Waals surface area contributed by atoms with Crippen molar-refractivity contribution in [3.8, 4) is 0 Å². The summed E-state index contributed by atoms with van der Waals surface area (Å²) in [5.41, 5.74) is 1.95. The largest absolute Gasteiger partial charge is 0.359 e. The van der Waals surface area contributed by atoms with Crippen LogP contribution in [0, 0.1) is 0 Å². The molecule has 0 atom stereocenters. The minimum atomic E-state index is 0.765. The van der Waals surface area contributed by atoms with Gasteiger partial charge in [-0.1, -0.05) is 103 Å². The molecule has 1 aromatic rings. The van der Waals surface area contributed by atoms with Crippen LogP contribution in [0.15, 0.2) is 12.3 Å². The highest BCUT2D eigenvalue weighted by molar-refractivity contribution is 5.74. The summed E-state index contributed by atoms with van der Waals surface area (Å²) in [6.07, 6.45) is 26.2. The van der Waals surface area contributed by atoms with Gasteiger partial charge in [0.1, 0.15) is 0 Å². The molecule has 2 heteroatoms. The van der Waals surface area contributed by atoms with Crippen molar-refractivity contribution in [2.24, 2.45) is 0 Å². The fourth-order valence-corrected chi connectivity index (χ4v) is 3.61. The average Bonchev–Trinajstić information content (AvgIpc) is 3.09.